The SMILES string of the molecule is CNc1cc(C(F)(F)F)cc(NC(C)CO)n1. The molecule has 0 fully saturated rings. The summed E-state index contributed by atoms with van der Waals surface area (Å²) in [5, 5.41) is 14.1. The smallest absolute Gasteiger partial charge is 0.394 e. The van der Waals surface area contributed by atoms with E-state index in [2.05, 4.69) is 15.6 Å². The zero-order valence-corrected chi connectivity index (χ0v) is 9.47. The molecular weight excluding hydrogens is 235 g/mol. The summed E-state index contributed by atoms with van der Waals surface area (Å²) >= 11 is 0. The van der Waals surface area contributed by atoms with Crippen molar-refractivity contribution in [2.24, 2.45) is 0 Å². The van der Waals surface area contributed by atoms with Crippen molar-refractivity contribution in [1.29, 1.82) is 0 Å². The van der Waals surface area contributed by atoms with Gasteiger partial charge in [0.15, 0.2) is 0 Å². The van der Waals surface area contributed by atoms with Crippen molar-refractivity contribution in [3.8, 4) is 0 Å². The third-order valence-corrected chi connectivity index (χ3v) is 2.08. The fraction of sp³-hybridized carbons (Fsp3) is 0.500. The fourth-order valence-corrected chi connectivity index (χ4v) is 1.19. The van der Waals surface area contributed by atoms with Crippen LogP contribution in [0, 0.1) is 0 Å². The van der Waals surface area contributed by atoms with Crippen LogP contribution in [0.2, 0.25) is 0 Å². The lowest BCUT2D eigenvalue weighted by molar-refractivity contribution is -0.137. The molecule has 1 atom stereocenters. The number of aliphatic hydroxyl groups excluding tert-OH is 1. The number of halogens is 3. The Morgan fingerprint density at radius 1 is 1.35 bits per heavy atom. The maximum atomic E-state index is 12.6. The Hall–Kier alpha value is -1.50. The molecule has 17 heavy (non-hydrogen) atoms. The number of rotatable bonds is 4. The standard InChI is InChI=1S/C10H14F3N3O/c1-6(5-17)15-9-4-7(10(11,12)13)3-8(14-2)16-9/h3-4,6,17H,5H2,1-2H3,(H2,14,15,16). The first-order valence-corrected chi connectivity index (χ1v) is 5.01. The van der Waals surface area contributed by atoms with Crippen LogP contribution in [0.1, 0.15) is 12.5 Å². The minimum absolute atomic E-state index is 0.0747. The third kappa shape index (κ3) is 3.77. The van der Waals surface area contributed by atoms with E-state index in [0.717, 1.165) is 12.1 Å². The van der Waals surface area contributed by atoms with Gasteiger partial charge in [-0.1, -0.05) is 0 Å². The predicted octanol–water partition coefficient (Wildman–Crippen LogP) is 1.93. The summed E-state index contributed by atoms with van der Waals surface area (Å²) in [5.41, 5.74) is -0.788. The number of hydrogen-bond acceptors (Lipinski definition) is 4. The second-order valence-electron chi connectivity index (χ2n) is 3.60. The quantitative estimate of drug-likeness (QED) is 0.763. The van der Waals surface area contributed by atoms with Crippen molar-refractivity contribution in [3.63, 3.8) is 0 Å². The van der Waals surface area contributed by atoms with Crippen LogP contribution in [0.4, 0.5) is 24.8 Å². The van der Waals surface area contributed by atoms with Crippen LogP contribution in [0.3, 0.4) is 0 Å². The molecule has 1 unspecified atom stereocenters. The highest BCUT2D eigenvalue weighted by Crippen LogP contribution is 2.32. The van der Waals surface area contributed by atoms with Gasteiger partial charge in [0.25, 0.3) is 0 Å². The summed E-state index contributed by atoms with van der Waals surface area (Å²) in [6.45, 7) is 1.45. The van der Waals surface area contributed by atoms with Crippen LogP contribution in [0.5, 0.6) is 0 Å². The Morgan fingerprint density at radius 2 is 1.94 bits per heavy atom. The van der Waals surface area contributed by atoms with Gasteiger partial charge >= 0.3 is 6.18 Å². The Balaban J connectivity index is 3.05. The number of hydrogen-bond donors (Lipinski definition) is 3. The van der Waals surface area contributed by atoms with Gasteiger partial charge in [0, 0.05) is 13.1 Å². The fourth-order valence-electron chi connectivity index (χ4n) is 1.19. The molecule has 1 rings (SSSR count). The molecule has 1 aromatic rings. The Morgan fingerprint density at radius 3 is 2.41 bits per heavy atom. The first-order valence-electron chi connectivity index (χ1n) is 5.01. The van der Waals surface area contributed by atoms with E-state index in [0.29, 0.717) is 0 Å². The van der Waals surface area contributed by atoms with Gasteiger partial charge in [0.2, 0.25) is 0 Å². The zero-order valence-electron chi connectivity index (χ0n) is 9.47. The normalized spacial score (nSPS) is 13.3. The molecule has 0 bridgehead atoms. The largest absolute Gasteiger partial charge is 0.416 e. The van der Waals surface area contributed by atoms with Gasteiger partial charge < -0.3 is 15.7 Å². The molecule has 1 aromatic heterocycles. The number of aliphatic hydroxyl groups is 1. The highest BCUT2D eigenvalue weighted by molar-refractivity contribution is 5.49. The van der Waals surface area contributed by atoms with Gasteiger partial charge in [-0.15, -0.1) is 0 Å². The molecule has 0 radical (unpaired) electrons. The third-order valence-electron chi connectivity index (χ3n) is 2.08. The Bertz CT molecular complexity index is 382. The Kier molecular flexibility index (Phi) is 4.17. The first-order chi connectivity index (χ1) is 7.86. The van der Waals surface area contributed by atoms with Gasteiger partial charge in [-0.05, 0) is 19.1 Å². The van der Waals surface area contributed by atoms with Crippen molar-refractivity contribution in [3.05, 3.63) is 17.7 Å². The lowest BCUT2D eigenvalue weighted by Gasteiger charge is -2.15. The number of pyridine rings is 1. The molecule has 4 nitrogen and oxygen atoms in total. The van der Waals surface area contributed by atoms with Crippen molar-refractivity contribution < 1.29 is 18.3 Å². The summed E-state index contributed by atoms with van der Waals surface area (Å²) < 4.78 is 37.7. The summed E-state index contributed by atoms with van der Waals surface area (Å²) in [6.07, 6.45) is -4.42. The minimum Gasteiger partial charge on any atom is -0.394 e. The number of nitrogens with zero attached hydrogens (tertiary/aromatic N) is 1. The number of alkyl halides is 3. The predicted molar refractivity (Wildman–Crippen MR) is 59.0 cm³/mol. The average Bonchev–Trinajstić information content (AvgIpc) is 2.27. The lowest BCUT2D eigenvalue weighted by atomic mass is 10.2. The van der Waals surface area contributed by atoms with Gasteiger partial charge in [0.05, 0.1) is 12.2 Å². The van der Waals surface area contributed by atoms with Crippen LogP contribution >= 0.6 is 0 Å². The van der Waals surface area contributed by atoms with Crippen LogP contribution in [0.25, 0.3) is 0 Å². The number of nitrogens with one attached hydrogen (secondary N) is 2. The molecule has 0 saturated carbocycles. The number of aromatic nitrogens is 1. The highest BCUT2D eigenvalue weighted by atomic mass is 19.4. The molecule has 0 spiro atoms. The van der Waals surface area contributed by atoms with Crippen LogP contribution in [-0.4, -0.2) is 29.8 Å². The van der Waals surface area contributed by atoms with E-state index in [1.54, 1.807) is 6.92 Å². The average molecular weight is 249 g/mol. The van der Waals surface area contributed by atoms with E-state index in [-0.39, 0.29) is 24.3 Å². The summed E-state index contributed by atoms with van der Waals surface area (Å²) in [6, 6.07) is 1.47. The van der Waals surface area contributed by atoms with Gasteiger partial charge in [0.1, 0.15) is 11.6 Å². The second-order valence-corrected chi connectivity index (χ2v) is 3.60. The molecule has 96 valence electrons. The molecule has 0 aliphatic rings. The number of anilines is 2. The Labute approximate surface area is 96.9 Å². The summed E-state index contributed by atoms with van der Waals surface area (Å²) in [5.74, 6) is 0.193. The second kappa shape index (κ2) is 5.22. The van der Waals surface area contributed by atoms with E-state index in [1.807, 2.05) is 0 Å². The molecule has 0 saturated heterocycles. The molecule has 0 aliphatic heterocycles. The molecule has 3 N–H and O–H groups in total. The van der Waals surface area contributed by atoms with E-state index in [4.69, 9.17) is 5.11 Å². The van der Waals surface area contributed by atoms with Gasteiger partial charge in [-0.2, -0.15) is 13.2 Å². The first kappa shape index (κ1) is 13.6. The molecule has 0 aromatic carbocycles. The van der Waals surface area contributed by atoms with Crippen molar-refractivity contribution in [2.45, 2.75) is 19.1 Å². The van der Waals surface area contributed by atoms with Crippen LogP contribution in [0.15, 0.2) is 12.1 Å². The lowest BCUT2D eigenvalue weighted by Crippen LogP contribution is -2.21. The molecule has 0 amide bonds. The van der Waals surface area contributed by atoms with Crippen molar-refractivity contribution in [2.75, 3.05) is 24.3 Å². The summed E-state index contributed by atoms with van der Waals surface area (Å²) in [7, 11) is 1.49. The maximum absolute atomic E-state index is 12.6. The minimum atomic E-state index is -4.42. The zero-order chi connectivity index (χ0) is 13.1. The van der Waals surface area contributed by atoms with Gasteiger partial charge in [-0.25, -0.2) is 4.98 Å². The van der Waals surface area contributed by atoms with E-state index in [9.17, 15) is 13.2 Å². The van der Waals surface area contributed by atoms with Crippen molar-refractivity contribution >= 4 is 11.6 Å². The van der Waals surface area contributed by atoms with Crippen LogP contribution < -0.4 is 10.6 Å². The van der Waals surface area contributed by atoms with Gasteiger partial charge in [-0.3, -0.25) is 0 Å². The van der Waals surface area contributed by atoms with E-state index < -0.39 is 11.7 Å². The monoisotopic (exact) mass is 249 g/mol. The maximum Gasteiger partial charge on any atom is 0.416 e. The van der Waals surface area contributed by atoms with Crippen LogP contribution in [-0.2, 0) is 6.18 Å². The van der Waals surface area contributed by atoms with E-state index >= 15 is 0 Å². The highest BCUT2D eigenvalue weighted by Gasteiger charge is 2.31. The van der Waals surface area contributed by atoms with Crippen molar-refractivity contribution in [1.82, 2.24) is 4.98 Å². The molecule has 1 heterocycles. The molecular formula is C10H14F3N3O. The molecule has 7 heteroatoms. The topological polar surface area (TPSA) is 57.2 Å². The molecule has 0 aliphatic carbocycles. The van der Waals surface area contributed by atoms with E-state index in [1.165, 1.54) is 7.05 Å². The summed E-state index contributed by atoms with van der Waals surface area (Å²) in [4.78, 5) is 3.92.